The van der Waals surface area contributed by atoms with Crippen molar-refractivity contribution < 1.29 is 4.79 Å². The van der Waals surface area contributed by atoms with Gasteiger partial charge in [0.1, 0.15) is 0 Å². The molecule has 5 nitrogen and oxygen atoms in total. The second kappa shape index (κ2) is 9.92. The quantitative estimate of drug-likeness (QED) is 0.474. The van der Waals surface area contributed by atoms with Crippen LogP contribution in [0.2, 0.25) is 0 Å². The van der Waals surface area contributed by atoms with Gasteiger partial charge in [0.25, 0.3) is 0 Å². The van der Waals surface area contributed by atoms with E-state index in [-0.39, 0.29) is 11.2 Å². The predicted octanol–water partition coefficient (Wildman–Crippen LogP) is 4.79. The van der Waals surface area contributed by atoms with Gasteiger partial charge in [0.15, 0.2) is 11.0 Å². The van der Waals surface area contributed by atoms with Crippen LogP contribution in [-0.4, -0.2) is 43.4 Å². The number of thioether (sulfide) groups is 1. The fourth-order valence-electron chi connectivity index (χ4n) is 3.90. The molecule has 1 heterocycles. The summed E-state index contributed by atoms with van der Waals surface area (Å²) in [4.78, 5) is 15.2. The van der Waals surface area contributed by atoms with E-state index in [9.17, 15) is 4.79 Å². The summed E-state index contributed by atoms with van der Waals surface area (Å²) in [5, 5.41) is 9.35. The average molecular weight is 399 g/mol. The molecular weight excluding hydrogens is 368 g/mol. The predicted molar refractivity (Wildman–Crippen MR) is 115 cm³/mol. The maximum Gasteiger partial charge on any atom is 0.236 e. The number of benzene rings is 1. The first-order valence-electron chi connectivity index (χ1n) is 10.2. The van der Waals surface area contributed by atoms with Crippen LogP contribution in [-0.2, 0) is 11.3 Å². The summed E-state index contributed by atoms with van der Waals surface area (Å²) in [5.41, 5.74) is 1.01. The molecular formula is C22H30N4OS. The monoisotopic (exact) mass is 398 g/mol. The average Bonchev–Trinajstić information content (AvgIpc) is 3.12. The molecule has 1 atom stereocenters. The highest BCUT2D eigenvalue weighted by atomic mass is 32.2. The van der Waals surface area contributed by atoms with Crippen LogP contribution in [0.4, 0.5) is 0 Å². The van der Waals surface area contributed by atoms with Gasteiger partial charge in [-0.05, 0) is 26.7 Å². The third kappa shape index (κ3) is 4.66. The Kier molecular flexibility index (Phi) is 7.31. The SMILES string of the molecule is C=CCn1c(SC(C)C(=O)N(CC)C2CCCCC2)nnc1-c1ccccc1. The van der Waals surface area contributed by atoms with Gasteiger partial charge < -0.3 is 4.90 Å². The third-order valence-corrected chi connectivity index (χ3v) is 6.40. The standard InChI is InChI=1S/C22H30N4OS/c1-4-16-26-20(18-12-8-6-9-13-18)23-24-22(26)28-17(3)21(27)25(5-2)19-14-10-7-11-15-19/h4,6,8-9,12-13,17,19H,1,5,7,10-11,14-16H2,2-3H3. The van der Waals surface area contributed by atoms with Gasteiger partial charge in [0.2, 0.25) is 5.91 Å². The Morgan fingerprint density at radius 1 is 1.29 bits per heavy atom. The lowest BCUT2D eigenvalue weighted by atomic mass is 9.94. The van der Waals surface area contributed by atoms with E-state index in [2.05, 4.69) is 28.6 Å². The van der Waals surface area contributed by atoms with Crippen molar-refractivity contribution in [2.24, 2.45) is 0 Å². The minimum atomic E-state index is -0.196. The number of aromatic nitrogens is 3. The second-order valence-corrected chi connectivity index (χ2v) is 8.56. The normalized spacial score (nSPS) is 15.9. The van der Waals surface area contributed by atoms with Gasteiger partial charge in [0, 0.05) is 24.7 Å². The van der Waals surface area contributed by atoms with Crippen LogP contribution < -0.4 is 0 Å². The fourth-order valence-corrected chi connectivity index (χ4v) is 4.83. The van der Waals surface area contributed by atoms with Gasteiger partial charge in [-0.15, -0.1) is 16.8 Å². The van der Waals surface area contributed by atoms with E-state index >= 15 is 0 Å². The molecule has 0 bridgehead atoms. The summed E-state index contributed by atoms with van der Waals surface area (Å²) >= 11 is 1.49. The number of carbonyl (C=O) groups is 1. The van der Waals surface area contributed by atoms with Crippen molar-refractivity contribution in [2.75, 3.05) is 6.54 Å². The zero-order valence-electron chi connectivity index (χ0n) is 16.9. The Bertz CT molecular complexity index is 783. The Labute approximate surface area is 172 Å². The molecule has 1 aromatic heterocycles. The van der Waals surface area contributed by atoms with E-state index in [1.165, 1.54) is 31.0 Å². The molecule has 6 heteroatoms. The lowest BCUT2D eigenvalue weighted by molar-refractivity contribution is -0.133. The third-order valence-electron chi connectivity index (χ3n) is 5.33. The van der Waals surface area contributed by atoms with E-state index in [1.807, 2.05) is 47.9 Å². The fraction of sp³-hybridized carbons (Fsp3) is 0.500. The van der Waals surface area contributed by atoms with Crippen molar-refractivity contribution in [3.8, 4) is 11.4 Å². The molecule has 0 saturated heterocycles. The zero-order chi connectivity index (χ0) is 19.9. The summed E-state index contributed by atoms with van der Waals surface area (Å²) in [5.74, 6) is 1.01. The Morgan fingerprint density at radius 2 is 2.00 bits per heavy atom. The maximum atomic E-state index is 13.2. The van der Waals surface area contributed by atoms with Crippen molar-refractivity contribution in [3.05, 3.63) is 43.0 Å². The molecule has 2 aromatic rings. The number of rotatable bonds is 8. The smallest absolute Gasteiger partial charge is 0.236 e. The van der Waals surface area contributed by atoms with Crippen molar-refractivity contribution >= 4 is 17.7 Å². The molecule has 28 heavy (non-hydrogen) atoms. The lowest BCUT2D eigenvalue weighted by Gasteiger charge is -2.35. The van der Waals surface area contributed by atoms with Crippen LogP contribution in [0, 0.1) is 0 Å². The molecule has 1 amide bonds. The number of nitrogens with zero attached hydrogens (tertiary/aromatic N) is 4. The first-order chi connectivity index (χ1) is 13.7. The Hall–Kier alpha value is -2.08. The van der Waals surface area contributed by atoms with Crippen LogP contribution in [0.5, 0.6) is 0 Å². The molecule has 0 aliphatic heterocycles. The van der Waals surface area contributed by atoms with E-state index < -0.39 is 0 Å². The van der Waals surface area contributed by atoms with E-state index in [0.717, 1.165) is 35.9 Å². The molecule has 1 aliphatic carbocycles. The van der Waals surface area contributed by atoms with E-state index in [1.54, 1.807) is 0 Å². The van der Waals surface area contributed by atoms with Crippen molar-refractivity contribution in [3.63, 3.8) is 0 Å². The summed E-state index contributed by atoms with van der Waals surface area (Å²) in [6.45, 7) is 9.31. The minimum absolute atomic E-state index is 0.196. The van der Waals surface area contributed by atoms with E-state index in [4.69, 9.17) is 0 Å². The van der Waals surface area contributed by atoms with Crippen LogP contribution >= 0.6 is 11.8 Å². The van der Waals surface area contributed by atoms with Gasteiger partial charge in [-0.3, -0.25) is 9.36 Å². The maximum absolute atomic E-state index is 13.2. The van der Waals surface area contributed by atoms with Gasteiger partial charge in [-0.25, -0.2) is 0 Å². The van der Waals surface area contributed by atoms with Crippen molar-refractivity contribution in [1.29, 1.82) is 0 Å². The first kappa shape index (κ1) is 20.6. The summed E-state index contributed by atoms with van der Waals surface area (Å²) in [6.07, 6.45) is 7.84. The number of amides is 1. The summed E-state index contributed by atoms with van der Waals surface area (Å²) < 4.78 is 2.04. The van der Waals surface area contributed by atoms with Crippen LogP contribution in [0.1, 0.15) is 46.0 Å². The largest absolute Gasteiger partial charge is 0.339 e. The zero-order valence-corrected chi connectivity index (χ0v) is 17.7. The number of allylic oxidation sites excluding steroid dienone is 1. The van der Waals surface area contributed by atoms with Crippen molar-refractivity contribution in [2.45, 2.75) is 68.9 Å². The lowest BCUT2D eigenvalue weighted by Crippen LogP contribution is -2.44. The Balaban J connectivity index is 1.77. The first-order valence-corrected chi connectivity index (χ1v) is 11.1. The molecule has 1 saturated carbocycles. The van der Waals surface area contributed by atoms with Gasteiger partial charge >= 0.3 is 0 Å². The molecule has 1 aliphatic rings. The van der Waals surface area contributed by atoms with Crippen LogP contribution in [0.25, 0.3) is 11.4 Å². The van der Waals surface area contributed by atoms with E-state index in [0.29, 0.717) is 12.6 Å². The topological polar surface area (TPSA) is 51.0 Å². The van der Waals surface area contributed by atoms with Gasteiger partial charge in [-0.1, -0.05) is 67.4 Å². The second-order valence-electron chi connectivity index (χ2n) is 7.25. The molecule has 1 unspecified atom stereocenters. The summed E-state index contributed by atoms with van der Waals surface area (Å²) in [6, 6.07) is 10.4. The van der Waals surface area contributed by atoms with Crippen LogP contribution in [0.15, 0.2) is 48.1 Å². The summed E-state index contributed by atoms with van der Waals surface area (Å²) in [7, 11) is 0. The minimum Gasteiger partial charge on any atom is -0.339 e. The van der Waals surface area contributed by atoms with Crippen molar-refractivity contribution in [1.82, 2.24) is 19.7 Å². The molecule has 0 spiro atoms. The molecule has 1 fully saturated rings. The van der Waals surface area contributed by atoms with Gasteiger partial charge in [0.05, 0.1) is 5.25 Å². The molecule has 1 aromatic carbocycles. The molecule has 0 N–H and O–H groups in total. The number of carbonyl (C=O) groups excluding carboxylic acids is 1. The highest BCUT2D eigenvalue weighted by Crippen LogP contribution is 2.29. The Morgan fingerprint density at radius 3 is 2.64 bits per heavy atom. The molecule has 0 radical (unpaired) electrons. The number of hydrogen-bond acceptors (Lipinski definition) is 4. The van der Waals surface area contributed by atoms with Gasteiger partial charge in [-0.2, -0.15) is 0 Å². The van der Waals surface area contributed by atoms with Crippen LogP contribution in [0.3, 0.4) is 0 Å². The molecule has 150 valence electrons. The highest BCUT2D eigenvalue weighted by Gasteiger charge is 2.29. The molecule has 3 rings (SSSR count). The number of hydrogen-bond donors (Lipinski definition) is 0. The highest BCUT2D eigenvalue weighted by molar-refractivity contribution is 8.00.